The van der Waals surface area contributed by atoms with Crippen LogP contribution in [-0.4, -0.2) is 19.9 Å². The van der Waals surface area contributed by atoms with Gasteiger partial charge in [-0.1, -0.05) is 13.8 Å². The van der Waals surface area contributed by atoms with E-state index in [9.17, 15) is 0 Å². The molecule has 2 aromatic rings. The molecule has 6 nitrogen and oxygen atoms in total. The molecule has 2 aromatic heterocycles. The molecule has 0 saturated heterocycles. The van der Waals surface area contributed by atoms with Crippen LogP contribution in [0.5, 0.6) is 0 Å². The van der Waals surface area contributed by atoms with Crippen LogP contribution in [0.25, 0.3) is 0 Å². The Bertz CT molecular complexity index is 589. The highest BCUT2D eigenvalue weighted by Crippen LogP contribution is 2.23. The number of aromatic amines is 1. The van der Waals surface area contributed by atoms with E-state index in [0.717, 1.165) is 41.4 Å². The maximum Gasteiger partial charge on any atom is 0.222 e. The van der Waals surface area contributed by atoms with Gasteiger partial charge in [-0.25, -0.2) is 9.97 Å². The van der Waals surface area contributed by atoms with Crippen molar-refractivity contribution in [2.45, 2.75) is 46.6 Å². The zero-order valence-electron chi connectivity index (χ0n) is 12.5. The first-order chi connectivity index (χ1) is 9.55. The second-order valence-electron chi connectivity index (χ2n) is 4.91. The summed E-state index contributed by atoms with van der Waals surface area (Å²) in [6, 6.07) is 0.0846. The van der Waals surface area contributed by atoms with Crippen LogP contribution in [0, 0.1) is 13.8 Å². The summed E-state index contributed by atoms with van der Waals surface area (Å²) in [7, 11) is 0. The third-order valence-corrected chi connectivity index (χ3v) is 3.37. The van der Waals surface area contributed by atoms with Crippen molar-refractivity contribution < 1.29 is 0 Å². The molecule has 0 radical (unpaired) electrons. The molecule has 0 aliphatic rings. The van der Waals surface area contributed by atoms with Crippen LogP contribution in [0.3, 0.4) is 0 Å². The highest BCUT2D eigenvalue weighted by molar-refractivity contribution is 5.50. The van der Waals surface area contributed by atoms with E-state index in [4.69, 9.17) is 5.73 Å². The summed E-state index contributed by atoms with van der Waals surface area (Å²) in [5.41, 5.74) is 8.85. The van der Waals surface area contributed by atoms with Crippen molar-refractivity contribution in [2.24, 2.45) is 0 Å². The van der Waals surface area contributed by atoms with Crippen molar-refractivity contribution in [3.05, 3.63) is 29.0 Å². The summed E-state index contributed by atoms with van der Waals surface area (Å²) in [6.07, 6.45) is 3.57. The summed E-state index contributed by atoms with van der Waals surface area (Å²) >= 11 is 0. The second-order valence-corrected chi connectivity index (χ2v) is 4.91. The van der Waals surface area contributed by atoms with E-state index >= 15 is 0 Å². The highest BCUT2D eigenvalue weighted by atomic mass is 15.1. The Balaban J connectivity index is 2.30. The largest absolute Gasteiger partial charge is 0.368 e. The van der Waals surface area contributed by atoms with E-state index in [1.165, 1.54) is 0 Å². The molecule has 108 valence electrons. The number of H-pyrrole nitrogens is 1. The average molecular weight is 274 g/mol. The minimum Gasteiger partial charge on any atom is -0.368 e. The van der Waals surface area contributed by atoms with Gasteiger partial charge in [0.25, 0.3) is 0 Å². The Morgan fingerprint density at radius 1 is 1.30 bits per heavy atom. The van der Waals surface area contributed by atoms with Crippen LogP contribution in [0.4, 0.5) is 11.8 Å². The first-order valence-electron chi connectivity index (χ1n) is 6.96. The molecule has 4 N–H and O–H groups in total. The van der Waals surface area contributed by atoms with Crippen LogP contribution < -0.4 is 11.1 Å². The molecule has 0 fully saturated rings. The number of hydrogen-bond acceptors (Lipinski definition) is 5. The number of hydrogen-bond donors (Lipinski definition) is 3. The average Bonchev–Trinajstić information content (AvgIpc) is 2.85. The van der Waals surface area contributed by atoms with E-state index in [2.05, 4.69) is 39.1 Å². The lowest BCUT2D eigenvalue weighted by Crippen LogP contribution is -2.15. The molecule has 0 amide bonds. The van der Waals surface area contributed by atoms with E-state index in [-0.39, 0.29) is 6.04 Å². The maximum atomic E-state index is 5.78. The SMILES string of the molecule is CCc1nc(N)nc(N[C@@H](CC)c2ncc(C)[nH]2)c1C. The molecule has 0 bridgehead atoms. The van der Waals surface area contributed by atoms with Gasteiger partial charge in [-0.05, 0) is 26.7 Å². The number of rotatable bonds is 5. The van der Waals surface area contributed by atoms with Crippen LogP contribution in [-0.2, 0) is 6.42 Å². The maximum absolute atomic E-state index is 5.78. The Hall–Kier alpha value is -2.11. The molecule has 0 aliphatic heterocycles. The van der Waals surface area contributed by atoms with Gasteiger partial charge < -0.3 is 16.0 Å². The Morgan fingerprint density at radius 2 is 2.05 bits per heavy atom. The van der Waals surface area contributed by atoms with Gasteiger partial charge in [0.2, 0.25) is 5.95 Å². The summed E-state index contributed by atoms with van der Waals surface area (Å²) < 4.78 is 0. The monoisotopic (exact) mass is 274 g/mol. The van der Waals surface area contributed by atoms with Gasteiger partial charge >= 0.3 is 0 Å². The number of aryl methyl sites for hydroxylation is 2. The summed E-state index contributed by atoms with van der Waals surface area (Å²) in [5, 5.41) is 3.42. The predicted octanol–water partition coefficient (Wildman–Crippen LogP) is 2.52. The lowest BCUT2D eigenvalue weighted by molar-refractivity contribution is 0.697. The number of nitrogen functional groups attached to an aromatic ring is 1. The zero-order chi connectivity index (χ0) is 14.7. The number of anilines is 2. The predicted molar refractivity (Wildman–Crippen MR) is 80.5 cm³/mol. The first kappa shape index (κ1) is 14.3. The summed E-state index contributed by atoms with van der Waals surface area (Å²) in [4.78, 5) is 16.2. The van der Waals surface area contributed by atoms with Crippen molar-refractivity contribution >= 4 is 11.8 Å². The smallest absolute Gasteiger partial charge is 0.222 e. The Kier molecular flexibility index (Phi) is 4.22. The third-order valence-electron chi connectivity index (χ3n) is 3.37. The van der Waals surface area contributed by atoms with Gasteiger partial charge in [0.1, 0.15) is 11.6 Å². The summed E-state index contributed by atoms with van der Waals surface area (Å²) in [6.45, 7) is 8.18. The fourth-order valence-corrected chi connectivity index (χ4v) is 2.21. The molecule has 0 spiro atoms. The van der Waals surface area contributed by atoms with Gasteiger partial charge in [0.05, 0.1) is 11.7 Å². The number of nitrogens with two attached hydrogens (primary N) is 1. The third kappa shape index (κ3) is 2.89. The molecule has 1 atom stereocenters. The lowest BCUT2D eigenvalue weighted by atomic mass is 10.1. The molecule has 2 rings (SSSR count). The molecule has 0 aliphatic carbocycles. The minimum absolute atomic E-state index is 0.0846. The van der Waals surface area contributed by atoms with Crippen LogP contribution >= 0.6 is 0 Å². The first-order valence-corrected chi connectivity index (χ1v) is 6.96. The minimum atomic E-state index is 0.0846. The van der Waals surface area contributed by atoms with Gasteiger partial charge in [0.15, 0.2) is 0 Å². The number of nitrogens with one attached hydrogen (secondary N) is 2. The topological polar surface area (TPSA) is 92.5 Å². The Morgan fingerprint density at radius 3 is 2.60 bits per heavy atom. The van der Waals surface area contributed by atoms with Crippen molar-refractivity contribution in [1.82, 2.24) is 19.9 Å². The van der Waals surface area contributed by atoms with E-state index in [1.54, 1.807) is 0 Å². The molecule has 0 saturated carbocycles. The van der Waals surface area contributed by atoms with Crippen LogP contribution in [0.2, 0.25) is 0 Å². The van der Waals surface area contributed by atoms with Gasteiger partial charge in [0, 0.05) is 17.5 Å². The van der Waals surface area contributed by atoms with Gasteiger partial charge in [-0.3, -0.25) is 0 Å². The van der Waals surface area contributed by atoms with Crippen molar-refractivity contribution in [1.29, 1.82) is 0 Å². The number of aromatic nitrogens is 4. The summed E-state index contributed by atoms with van der Waals surface area (Å²) in [5.74, 6) is 2.01. The standard InChI is InChI=1S/C14H22N6/c1-5-10-9(4)12(20-14(15)19-10)18-11(6-2)13-16-7-8(3)17-13/h7,11H,5-6H2,1-4H3,(H,16,17)(H3,15,18,19,20)/t11-/m0/s1. The Labute approximate surface area is 119 Å². The van der Waals surface area contributed by atoms with E-state index in [1.807, 2.05) is 20.0 Å². The van der Waals surface area contributed by atoms with Crippen molar-refractivity contribution in [3.63, 3.8) is 0 Å². The molecule has 20 heavy (non-hydrogen) atoms. The van der Waals surface area contributed by atoms with Gasteiger partial charge in [-0.15, -0.1) is 0 Å². The molecular formula is C14H22N6. The van der Waals surface area contributed by atoms with Gasteiger partial charge in [-0.2, -0.15) is 4.98 Å². The molecular weight excluding hydrogens is 252 g/mol. The van der Waals surface area contributed by atoms with Crippen molar-refractivity contribution in [2.75, 3.05) is 11.1 Å². The molecule has 0 unspecified atom stereocenters. The van der Waals surface area contributed by atoms with E-state index < -0.39 is 0 Å². The number of imidazole rings is 1. The quantitative estimate of drug-likeness (QED) is 0.779. The number of nitrogens with zero attached hydrogens (tertiary/aromatic N) is 3. The fourth-order valence-electron chi connectivity index (χ4n) is 2.21. The lowest BCUT2D eigenvalue weighted by Gasteiger charge is -2.18. The normalized spacial score (nSPS) is 12.4. The zero-order valence-corrected chi connectivity index (χ0v) is 12.5. The van der Waals surface area contributed by atoms with Crippen LogP contribution in [0.15, 0.2) is 6.20 Å². The van der Waals surface area contributed by atoms with E-state index in [0.29, 0.717) is 5.95 Å². The second kappa shape index (κ2) is 5.90. The fraction of sp³-hybridized carbons (Fsp3) is 0.500. The van der Waals surface area contributed by atoms with Crippen molar-refractivity contribution in [3.8, 4) is 0 Å². The highest BCUT2D eigenvalue weighted by Gasteiger charge is 2.16. The van der Waals surface area contributed by atoms with Crippen LogP contribution in [0.1, 0.15) is 49.1 Å². The molecule has 0 aromatic carbocycles. The molecule has 6 heteroatoms. The molecule has 2 heterocycles.